The second-order valence-corrected chi connectivity index (χ2v) is 6.44. The van der Waals surface area contributed by atoms with E-state index in [1.165, 1.54) is 15.6 Å². The number of carbonyl (C=O) groups excluding carboxylic acids is 1. The zero-order valence-electron chi connectivity index (χ0n) is 13.4. The number of hydrogen-bond acceptors (Lipinski definition) is 4. The number of hydrogen-bond donors (Lipinski definition) is 1. The lowest BCUT2D eigenvalue weighted by Gasteiger charge is -2.08. The van der Waals surface area contributed by atoms with Gasteiger partial charge in [0.05, 0.1) is 11.4 Å². The van der Waals surface area contributed by atoms with Crippen molar-refractivity contribution in [3.63, 3.8) is 0 Å². The SMILES string of the molecule is Cc1c(F)cccc1-n1nnc(C(=O)NCCc2cccs2)c1C. The maximum atomic E-state index is 13.7. The highest BCUT2D eigenvalue weighted by Gasteiger charge is 2.18. The second-order valence-electron chi connectivity index (χ2n) is 5.40. The number of nitrogens with one attached hydrogen (secondary N) is 1. The minimum atomic E-state index is -0.315. The Labute approximate surface area is 143 Å². The van der Waals surface area contributed by atoms with E-state index in [-0.39, 0.29) is 17.4 Å². The number of thiophene rings is 1. The fourth-order valence-corrected chi connectivity index (χ4v) is 3.14. The van der Waals surface area contributed by atoms with Crippen molar-refractivity contribution in [2.45, 2.75) is 20.3 Å². The van der Waals surface area contributed by atoms with Gasteiger partial charge in [0.1, 0.15) is 5.82 Å². The first-order valence-electron chi connectivity index (χ1n) is 7.56. The standard InChI is InChI=1S/C17H17FN4OS/c1-11-14(18)6-3-7-15(11)22-12(2)16(20-21-22)17(23)19-9-8-13-5-4-10-24-13/h3-7,10H,8-9H2,1-2H3,(H,19,23). The van der Waals surface area contributed by atoms with Gasteiger partial charge < -0.3 is 5.32 Å². The summed E-state index contributed by atoms with van der Waals surface area (Å²) in [5, 5.41) is 12.8. The van der Waals surface area contributed by atoms with Crippen molar-refractivity contribution in [1.82, 2.24) is 20.3 Å². The van der Waals surface area contributed by atoms with E-state index < -0.39 is 0 Å². The summed E-state index contributed by atoms with van der Waals surface area (Å²) in [6.45, 7) is 3.95. The summed E-state index contributed by atoms with van der Waals surface area (Å²) < 4.78 is 15.2. The van der Waals surface area contributed by atoms with Gasteiger partial charge in [-0.2, -0.15) is 0 Å². The Kier molecular flexibility index (Phi) is 4.71. The van der Waals surface area contributed by atoms with Crippen molar-refractivity contribution >= 4 is 17.2 Å². The van der Waals surface area contributed by atoms with Crippen LogP contribution in [0.15, 0.2) is 35.7 Å². The highest BCUT2D eigenvalue weighted by molar-refractivity contribution is 7.09. The largest absolute Gasteiger partial charge is 0.350 e. The van der Waals surface area contributed by atoms with Crippen LogP contribution in [0.4, 0.5) is 4.39 Å². The number of amides is 1. The van der Waals surface area contributed by atoms with Gasteiger partial charge in [-0.1, -0.05) is 17.3 Å². The van der Waals surface area contributed by atoms with Crippen LogP contribution in [0, 0.1) is 19.7 Å². The van der Waals surface area contributed by atoms with Crippen molar-refractivity contribution < 1.29 is 9.18 Å². The number of carbonyl (C=O) groups is 1. The molecule has 1 N–H and O–H groups in total. The van der Waals surface area contributed by atoms with E-state index in [9.17, 15) is 9.18 Å². The summed E-state index contributed by atoms with van der Waals surface area (Å²) in [5.74, 6) is -0.589. The Morgan fingerprint density at radius 1 is 1.29 bits per heavy atom. The minimum absolute atomic E-state index is 0.254. The Balaban J connectivity index is 1.74. The van der Waals surface area contributed by atoms with Crippen molar-refractivity contribution in [2.24, 2.45) is 0 Å². The first-order chi connectivity index (χ1) is 11.6. The van der Waals surface area contributed by atoms with E-state index in [2.05, 4.69) is 15.6 Å². The smallest absolute Gasteiger partial charge is 0.273 e. The summed E-state index contributed by atoms with van der Waals surface area (Å²) >= 11 is 1.66. The van der Waals surface area contributed by atoms with Gasteiger partial charge in [-0.3, -0.25) is 4.79 Å². The van der Waals surface area contributed by atoms with Crippen LogP contribution in [0.3, 0.4) is 0 Å². The number of nitrogens with zero attached hydrogens (tertiary/aromatic N) is 3. The monoisotopic (exact) mass is 344 g/mol. The molecule has 1 amide bonds. The number of rotatable bonds is 5. The van der Waals surface area contributed by atoms with E-state index in [0.717, 1.165) is 6.42 Å². The van der Waals surface area contributed by atoms with Crippen LogP contribution in [0.1, 0.15) is 26.6 Å². The number of halogens is 1. The third kappa shape index (κ3) is 3.21. The molecule has 7 heteroatoms. The van der Waals surface area contributed by atoms with Crippen molar-refractivity contribution in [1.29, 1.82) is 0 Å². The molecular weight excluding hydrogens is 327 g/mol. The molecule has 0 aliphatic carbocycles. The number of aromatic nitrogens is 3. The Morgan fingerprint density at radius 3 is 2.88 bits per heavy atom. The lowest BCUT2D eigenvalue weighted by Crippen LogP contribution is -2.26. The predicted octanol–water partition coefficient (Wildman–Crippen LogP) is 3.06. The van der Waals surface area contributed by atoms with Crippen LogP contribution >= 0.6 is 11.3 Å². The summed E-state index contributed by atoms with van der Waals surface area (Å²) in [7, 11) is 0. The Morgan fingerprint density at radius 2 is 2.12 bits per heavy atom. The van der Waals surface area contributed by atoms with Gasteiger partial charge in [-0.25, -0.2) is 9.07 Å². The van der Waals surface area contributed by atoms with Crippen molar-refractivity contribution in [3.8, 4) is 5.69 Å². The summed E-state index contributed by atoms with van der Waals surface area (Å²) in [5.41, 5.74) is 1.88. The van der Waals surface area contributed by atoms with Crippen LogP contribution in [-0.2, 0) is 6.42 Å². The third-order valence-electron chi connectivity index (χ3n) is 3.81. The summed E-state index contributed by atoms with van der Waals surface area (Å²) in [6, 6.07) is 8.77. The predicted molar refractivity (Wildman–Crippen MR) is 91.1 cm³/mol. The molecule has 1 aromatic carbocycles. The zero-order valence-corrected chi connectivity index (χ0v) is 14.2. The van der Waals surface area contributed by atoms with E-state index >= 15 is 0 Å². The van der Waals surface area contributed by atoms with Gasteiger partial charge in [0, 0.05) is 17.0 Å². The normalized spacial score (nSPS) is 10.8. The first-order valence-corrected chi connectivity index (χ1v) is 8.44. The van der Waals surface area contributed by atoms with Crippen LogP contribution in [0.25, 0.3) is 5.69 Å². The third-order valence-corrected chi connectivity index (χ3v) is 4.75. The van der Waals surface area contributed by atoms with E-state index in [0.29, 0.717) is 23.5 Å². The molecule has 3 rings (SSSR count). The first kappa shape index (κ1) is 16.3. The van der Waals surface area contributed by atoms with Gasteiger partial charge in [0.2, 0.25) is 0 Å². The molecule has 0 aliphatic heterocycles. The molecule has 0 saturated carbocycles. The highest BCUT2D eigenvalue weighted by atomic mass is 32.1. The molecule has 0 atom stereocenters. The maximum Gasteiger partial charge on any atom is 0.273 e. The molecule has 0 spiro atoms. The Hall–Kier alpha value is -2.54. The van der Waals surface area contributed by atoms with Crippen LogP contribution in [0.2, 0.25) is 0 Å². The topological polar surface area (TPSA) is 59.8 Å². The van der Waals surface area contributed by atoms with E-state index in [1.807, 2.05) is 17.5 Å². The second kappa shape index (κ2) is 6.92. The molecule has 0 radical (unpaired) electrons. The van der Waals surface area contributed by atoms with Crippen molar-refractivity contribution in [3.05, 3.63) is 63.4 Å². The molecular formula is C17H17FN4OS. The molecule has 2 aromatic heterocycles. The Bertz CT molecular complexity index is 858. The molecule has 0 fully saturated rings. The van der Waals surface area contributed by atoms with Gasteiger partial charge in [-0.15, -0.1) is 16.4 Å². The summed E-state index contributed by atoms with van der Waals surface area (Å²) in [6.07, 6.45) is 0.777. The summed E-state index contributed by atoms with van der Waals surface area (Å²) in [4.78, 5) is 13.5. The molecule has 3 aromatic rings. The van der Waals surface area contributed by atoms with Crippen LogP contribution in [-0.4, -0.2) is 27.4 Å². The maximum absolute atomic E-state index is 13.7. The van der Waals surface area contributed by atoms with Gasteiger partial charge in [-0.05, 0) is 43.8 Å². The fraction of sp³-hybridized carbons (Fsp3) is 0.235. The molecule has 0 aliphatic rings. The molecule has 5 nitrogen and oxygen atoms in total. The molecule has 0 saturated heterocycles. The van der Waals surface area contributed by atoms with E-state index in [1.54, 1.807) is 37.3 Å². The zero-order chi connectivity index (χ0) is 17.1. The molecule has 24 heavy (non-hydrogen) atoms. The lowest BCUT2D eigenvalue weighted by molar-refractivity contribution is 0.0948. The molecule has 0 bridgehead atoms. The molecule has 124 valence electrons. The fourth-order valence-electron chi connectivity index (χ4n) is 2.43. The molecule has 2 heterocycles. The van der Waals surface area contributed by atoms with Gasteiger partial charge in [0.25, 0.3) is 5.91 Å². The highest BCUT2D eigenvalue weighted by Crippen LogP contribution is 2.18. The average molecular weight is 344 g/mol. The number of benzene rings is 1. The van der Waals surface area contributed by atoms with Crippen LogP contribution < -0.4 is 5.32 Å². The quantitative estimate of drug-likeness (QED) is 0.774. The lowest BCUT2D eigenvalue weighted by atomic mass is 10.2. The van der Waals surface area contributed by atoms with E-state index in [4.69, 9.17) is 0 Å². The molecule has 0 unspecified atom stereocenters. The average Bonchev–Trinajstić information content (AvgIpc) is 3.20. The van der Waals surface area contributed by atoms with Gasteiger partial charge >= 0.3 is 0 Å². The van der Waals surface area contributed by atoms with Crippen LogP contribution in [0.5, 0.6) is 0 Å². The van der Waals surface area contributed by atoms with Crippen molar-refractivity contribution in [2.75, 3.05) is 6.54 Å². The minimum Gasteiger partial charge on any atom is -0.350 e. The van der Waals surface area contributed by atoms with Gasteiger partial charge in [0.15, 0.2) is 5.69 Å².